The number of methoxy groups -OCH3 is 2. The molecule has 0 radical (unpaired) electrons. The SMILES string of the molecule is COc1ccc(NC(=O)Cc2c(C)n[nH]c2C)cc1OC. The highest BCUT2D eigenvalue weighted by Gasteiger charge is 2.12. The summed E-state index contributed by atoms with van der Waals surface area (Å²) in [4.78, 5) is 12.1. The number of carbonyl (C=O) groups is 1. The standard InChI is InChI=1S/C15H19N3O3/c1-9-12(10(2)18-17-9)8-15(19)16-11-5-6-13(20-3)14(7-11)21-4/h5-7H,8H2,1-4H3,(H,16,19)(H,17,18). The van der Waals surface area contributed by atoms with E-state index >= 15 is 0 Å². The lowest BCUT2D eigenvalue weighted by atomic mass is 10.1. The maximum atomic E-state index is 12.1. The number of aryl methyl sites for hydroxylation is 2. The lowest BCUT2D eigenvalue weighted by molar-refractivity contribution is -0.115. The van der Waals surface area contributed by atoms with Crippen molar-refractivity contribution >= 4 is 11.6 Å². The van der Waals surface area contributed by atoms with E-state index in [1.165, 1.54) is 0 Å². The number of benzene rings is 1. The average Bonchev–Trinajstić information content (AvgIpc) is 2.79. The van der Waals surface area contributed by atoms with Crippen LogP contribution in [0.5, 0.6) is 11.5 Å². The summed E-state index contributed by atoms with van der Waals surface area (Å²) in [5.41, 5.74) is 3.34. The third-order valence-electron chi connectivity index (χ3n) is 3.29. The van der Waals surface area contributed by atoms with E-state index in [4.69, 9.17) is 9.47 Å². The predicted octanol–water partition coefficient (Wildman–Crippen LogP) is 2.22. The Kier molecular flexibility index (Phi) is 4.47. The largest absolute Gasteiger partial charge is 0.493 e. The van der Waals surface area contributed by atoms with Gasteiger partial charge in [0.1, 0.15) is 0 Å². The first-order chi connectivity index (χ1) is 10.0. The molecule has 0 aliphatic carbocycles. The minimum Gasteiger partial charge on any atom is -0.493 e. The van der Waals surface area contributed by atoms with Crippen molar-refractivity contribution in [3.63, 3.8) is 0 Å². The first kappa shape index (κ1) is 14.9. The van der Waals surface area contributed by atoms with Gasteiger partial charge in [0.2, 0.25) is 5.91 Å². The van der Waals surface area contributed by atoms with Crippen LogP contribution in [0.1, 0.15) is 17.0 Å². The van der Waals surface area contributed by atoms with Crippen molar-refractivity contribution in [3.8, 4) is 11.5 Å². The molecule has 1 amide bonds. The van der Waals surface area contributed by atoms with Crippen LogP contribution >= 0.6 is 0 Å². The fourth-order valence-electron chi connectivity index (χ4n) is 2.11. The number of rotatable bonds is 5. The van der Waals surface area contributed by atoms with Gasteiger partial charge in [0, 0.05) is 23.0 Å². The molecule has 0 atom stereocenters. The van der Waals surface area contributed by atoms with Crippen LogP contribution in [-0.2, 0) is 11.2 Å². The Hall–Kier alpha value is -2.50. The number of carbonyl (C=O) groups excluding carboxylic acids is 1. The molecule has 2 aromatic rings. The maximum absolute atomic E-state index is 12.1. The molecule has 112 valence electrons. The predicted molar refractivity (Wildman–Crippen MR) is 79.9 cm³/mol. The van der Waals surface area contributed by atoms with Crippen molar-refractivity contribution < 1.29 is 14.3 Å². The van der Waals surface area contributed by atoms with E-state index in [0.717, 1.165) is 17.0 Å². The number of hydrogen-bond acceptors (Lipinski definition) is 4. The molecule has 0 unspecified atom stereocenters. The summed E-state index contributed by atoms with van der Waals surface area (Å²) in [6.45, 7) is 3.78. The number of H-pyrrole nitrogens is 1. The van der Waals surface area contributed by atoms with Gasteiger partial charge in [-0.15, -0.1) is 0 Å². The van der Waals surface area contributed by atoms with E-state index in [0.29, 0.717) is 17.2 Å². The van der Waals surface area contributed by atoms with Crippen LogP contribution in [0.2, 0.25) is 0 Å². The number of hydrogen-bond donors (Lipinski definition) is 2. The molecular weight excluding hydrogens is 270 g/mol. The Labute approximate surface area is 123 Å². The normalized spacial score (nSPS) is 10.3. The van der Waals surface area contributed by atoms with Crippen molar-refractivity contribution in [1.82, 2.24) is 10.2 Å². The van der Waals surface area contributed by atoms with Crippen molar-refractivity contribution in [2.45, 2.75) is 20.3 Å². The molecule has 1 heterocycles. The number of aromatic nitrogens is 2. The summed E-state index contributed by atoms with van der Waals surface area (Å²) in [5, 5.41) is 9.80. The monoisotopic (exact) mass is 289 g/mol. The molecule has 6 nitrogen and oxygen atoms in total. The highest BCUT2D eigenvalue weighted by atomic mass is 16.5. The smallest absolute Gasteiger partial charge is 0.228 e. The Bertz CT molecular complexity index is 630. The zero-order valence-corrected chi connectivity index (χ0v) is 12.6. The molecule has 0 fully saturated rings. The molecule has 21 heavy (non-hydrogen) atoms. The minimum atomic E-state index is -0.102. The molecule has 0 aliphatic rings. The van der Waals surface area contributed by atoms with Crippen LogP contribution in [0.4, 0.5) is 5.69 Å². The van der Waals surface area contributed by atoms with Crippen LogP contribution in [0.15, 0.2) is 18.2 Å². The van der Waals surface area contributed by atoms with E-state index in [9.17, 15) is 4.79 Å². The molecule has 0 aliphatic heterocycles. The van der Waals surface area contributed by atoms with Gasteiger partial charge in [-0.3, -0.25) is 9.89 Å². The Balaban J connectivity index is 2.09. The van der Waals surface area contributed by atoms with Gasteiger partial charge >= 0.3 is 0 Å². The van der Waals surface area contributed by atoms with Gasteiger partial charge in [-0.1, -0.05) is 0 Å². The lowest BCUT2D eigenvalue weighted by Crippen LogP contribution is -2.15. The molecule has 2 N–H and O–H groups in total. The van der Waals surface area contributed by atoms with Crippen LogP contribution in [0.3, 0.4) is 0 Å². The topological polar surface area (TPSA) is 76.2 Å². The van der Waals surface area contributed by atoms with Crippen molar-refractivity contribution in [2.75, 3.05) is 19.5 Å². The third-order valence-corrected chi connectivity index (χ3v) is 3.29. The van der Waals surface area contributed by atoms with Crippen LogP contribution < -0.4 is 14.8 Å². The Morgan fingerprint density at radius 2 is 1.95 bits per heavy atom. The van der Waals surface area contributed by atoms with Gasteiger partial charge in [-0.25, -0.2) is 0 Å². The van der Waals surface area contributed by atoms with Gasteiger partial charge in [-0.05, 0) is 26.0 Å². The molecule has 1 aromatic heterocycles. The molecule has 0 spiro atoms. The maximum Gasteiger partial charge on any atom is 0.228 e. The van der Waals surface area contributed by atoms with Gasteiger partial charge < -0.3 is 14.8 Å². The number of amides is 1. The van der Waals surface area contributed by atoms with Crippen LogP contribution in [-0.4, -0.2) is 30.3 Å². The molecule has 0 bridgehead atoms. The summed E-state index contributed by atoms with van der Waals surface area (Å²) in [6, 6.07) is 5.25. The average molecular weight is 289 g/mol. The zero-order valence-electron chi connectivity index (χ0n) is 12.6. The highest BCUT2D eigenvalue weighted by molar-refractivity contribution is 5.92. The second-order valence-corrected chi connectivity index (χ2v) is 4.71. The zero-order chi connectivity index (χ0) is 15.4. The van der Waals surface area contributed by atoms with Crippen molar-refractivity contribution in [2.24, 2.45) is 0 Å². The summed E-state index contributed by atoms with van der Waals surface area (Å²) in [5.74, 6) is 1.10. The molecule has 6 heteroatoms. The molecule has 0 saturated heterocycles. The van der Waals surface area contributed by atoms with E-state index in [1.807, 2.05) is 13.8 Å². The number of anilines is 1. The fraction of sp³-hybridized carbons (Fsp3) is 0.333. The van der Waals surface area contributed by atoms with E-state index in [1.54, 1.807) is 32.4 Å². The first-order valence-electron chi connectivity index (χ1n) is 6.57. The van der Waals surface area contributed by atoms with E-state index < -0.39 is 0 Å². The van der Waals surface area contributed by atoms with Gasteiger partial charge in [-0.2, -0.15) is 5.10 Å². The minimum absolute atomic E-state index is 0.102. The van der Waals surface area contributed by atoms with Gasteiger partial charge in [0.05, 0.1) is 26.3 Å². The van der Waals surface area contributed by atoms with Gasteiger partial charge in [0.15, 0.2) is 11.5 Å². The lowest BCUT2D eigenvalue weighted by Gasteiger charge is -2.10. The number of nitrogens with zero attached hydrogens (tertiary/aromatic N) is 1. The van der Waals surface area contributed by atoms with Crippen LogP contribution in [0.25, 0.3) is 0 Å². The molecule has 1 aromatic carbocycles. The second kappa shape index (κ2) is 6.30. The Morgan fingerprint density at radius 3 is 2.52 bits per heavy atom. The quantitative estimate of drug-likeness (QED) is 0.885. The second-order valence-electron chi connectivity index (χ2n) is 4.71. The summed E-state index contributed by atoms with van der Waals surface area (Å²) in [6.07, 6.45) is 0.280. The van der Waals surface area contributed by atoms with Gasteiger partial charge in [0.25, 0.3) is 0 Å². The first-order valence-corrected chi connectivity index (χ1v) is 6.57. The molecular formula is C15H19N3O3. The summed E-state index contributed by atoms with van der Waals surface area (Å²) in [7, 11) is 3.13. The third kappa shape index (κ3) is 3.34. The highest BCUT2D eigenvalue weighted by Crippen LogP contribution is 2.29. The summed E-state index contributed by atoms with van der Waals surface area (Å²) >= 11 is 0. The van der Waals surface area contributed by atoms with Crippen LogP contribution in [0, 0.1) is 13.8 Å². The van der Waals surface area contributed by atoms with Crippen molar-refractivity contribution in [3.05, 3.63) is 35.2 Å². The van der Waals surface area contributed by atoms with E-state index in [2.05, 4.69) is 15.5 Å². The molecule has 2 rings (SSSR count). The number of aromatic amines is 1. The van der Waals surface area contributed by atoms with E-state index in [-0.39, 0.29) is 12.3 Å². The Morgan fingerprint density at radius 1 is 1.24 bits per heavy atom. The summed E-state index contributed by atoms with van der Waals surface area (Å²) < 4.78 is 10.4. The fourth-order valence-corrected chi connectivity index (χ4v) is 2.11. The number of nitrogens with one attached hydrogen (secondary N) is 2. The molecule has 0 saturated carbocycles. The van der Waals surface area contributed by atoms with Crippen molar-refractivity contribution in [1.29, 1.82) is 0 Å². The number of ether oxygens (including phenoxy) is 2.